The summed E-state index contributed by atoms with van der Waals surface area (Å²) in [5.74, 6) is 0. The maximum absolute atomic E-state index is 9.05. The van der Waals surface area contributed by atoms with E-state index in [9.17, 15) is 0 Å². The Morgan fingerprint density at radius 1 is 1.62 bits per heavy atom. The number of ether oxygens (including phenoxy) is 1. The van der Waals surface area contributed by atoms with Crippen LogP contribution in [0.25, 0.3) is 0 Å². The number of nitriles is 1. The van der Waals surface area contributed by atoms with Crippen molar-refractivity contribution in [3.05, 3.63) is 22.4 Å². The standard InChI is InChI=1S/C12H18N2OS/c1-12(2,15-3)7-10(8-13)14-9-11-5-4-6-16-11/h4-6,10,14H,7,9H2,1-3H3. The third-order valence-corrected chi connectivity index (χ3v) is 3.38. The van der Waals surface area contributed by atoms with Gasteiger partial charge in [-0.15, -0.1) is 11.3 Å². The van der Waals surface area contributed by atoms with E-state index in [0.29, 0.717) is 6.42 Å². The summed E-state index contributed by atoms with van der Waals surface area (Å²) in [7, 11) is 1.67. The number of methoxy groups -OCH3 is 1. The summed E-state index contributed by atoms with van der Waals surface area (Å²) in [5, 5.41) is 14.3. The average molecular weight is 238 g/mol. The minimum Gasteiger partial charge on any atom is -0.379 e. The van der Waals surface area contributed by atoms with E-state index in [-0.39, 0.29) is 11.6 Å². The van der Waals surface area contributed by atoms with E-state index in [0.717, 1.165) is 6.54 Å². The second-order valence-electron chi connectivity index (χ2n) is 4.31. The molecule has 16 heavy (non-hydrogen) atoms. The van der Waals surface area contributed by atoms with Crippen LogP contribution in [0.15, 0.2) is 17.5 Å². The first-order valence-electron chi connectivity index (χ1n) is 5.28. The van der Waals surface area contributed by atoms with E-state index in [4.69, 9.17) is 10.00 Å². The molecule has 0 aliphatic rings. The maximum atomic E-state index is 9.05. The molecule has 3 nitrogen and oxygen atoms in total. The van der Waals surface area contributed by atoms with Crippen molar-refractivity contribution in [3.8, 4) is 6.07 Å². The molecule has 0 aliphatic heterocycles. The lowest BCUT2D eigenvalue weighted by Gasteiger charge is -2.25. The van der Waals surface area contributed by atoms with Crippen LogP contribution in [0, 0.1) is 11.3 Å². The number of hydrogen-bond acceptors (Lipinski definition) is 4. The molecule has 0 aromatic carbocycles. The predicted molar refractivity (Wildman–Crippen MR) is 66.3 cm³/mol. The van der Waals surface area contributed by atoms with Crippen LogP contribution < -0.4 is 5.32 Å². The topological polar surface area (TPSA) is 45.0 Å². The van der Waals surface area contributed by atoms with Gasteiger partial charge in [0.1, 0.15) is 0 Å². The average Bonchev–Trinajstić information content (AvgIpc) is 2.77. The van der Waals surface area contributed by atoms with Crippen LogP contribution in [0.5, 0.6) is 0 Å². The predicted octanol–water partition coefficient (Wildman–Crippen LogP) is 2.54. The lowest BCUT2D eigenvalue weighted by molar-refractivity contribution is 0.0111. The summed E-state index contributed by atoms with van der Waals surface area (Å²) in [5.41, 5.74) is -0.261. The minimum absolute atomic E-state index is 0.169. The number of nitrogens with zero attached hydrogens (tertiary/aromatic N) is 1. The summed E-state index contributed by atoms with van der Waals surface area (Å²) in [6.07, 6.45) is 0.686. The van der Waals surface area contributed by atoms with Gasteiger partial charge in [0, 0.05) is 25.0 Å². The normalized spacial score (nSPS) is 13.4. The molecule has 1 N–H and O–H groups in total. The van der Waals surface area contributed by atoms with Gasteiger partial charge in [-0.1, -0.05) is 6.07 Å². The molecule has 4 heteroatoms. The van der Waals surface area contributed by atoms with Crippen LogP contribution >= 0.6 is 11.3 Å². The summed E-state index contributed by atoms with van der Waals surface area (Å²) < 4.78 is 5.32. The van der Waals surface area contributed by atoms with Crippen molar-refractivity contribution < 1.29 is 4.74 Å². The molecule has 0 fully saturated rings. The minimum atomic E-state index is -0.261. The molecule has 0 saturated carbocycles. The third kappa shape index (κ3) is 4.31. The monoisotopic (exact) mass is 238 g/mol. The van der Waals surface area contributed by atoms with Gasteiger partial charge in [0.25, 0.3) is 0 Å². The molecule has 0 spiro atoms. The Labute approximate surface area is 101 Å². The second-order valence-corrected chi connectivity index (χ2v) is 5.34. The zero-order chi connectivity index (χ0) is 12.0. The Bertz CT molecular complexity index is 340. The lowest BCUT2D eigenvalue weighted by atomic mass is 9.99. The highest BCUT2D eigenvalue weighted by atomic mass is 32.1. The molecular weight excluding hydrogens is 220 g/mol. The molecular formula is C12H18N2OS. The zero-order valence-electron chi connectivity index (χ0n) is 9.99. The molecule has 88 valence electrons. The van der Waals surface area contributed by atoms with Crippen molar-refractivity contribution in [2.75, 3.05) is 7.11 Å². The van der Waals surface area contributed by atoms with Gasteiger partial charge < -0.3 is 4.74 Å². The summed E-state index contributed by atoms with van der Waals surface area (Å²) in [6.45, 7) is 4.73. The molecule has 1 aromatic rings. The molecule has 0 radical (unpaired) electrons. The van der Waals surface area contributed by atoms with Gasteiger partial charge in [-0.25, -0.2) is 0 Å². The van der Waals surface area contributed by atoms with Gasteiger partial charge in [0.05, 0.1) is 17.7 Å². The van der Waals surface area contributed by atoms with Crippen LogP contribution in [0.4, 0.5) is 0 Å². The van der Waals surface area contributed by atoms with Crippen LogP contribution in [0.1, 0.15) is 25.1 Å². The first-order chi connectivity index (χ1) is 7.57. The van der Waals surface area contributed by atoms with Crippen molar-refractivity contribution in [3.63, 3.8) is 0 Å². The summed E-state index contributed by atoms with van der Waals surface area (Å²) >= 11 is 1.70. The van der Waals surface area contributed by atoms with Gasteiger partial charge >= 0.3 is 0 Å². The molecule has 0 bridgehead atoms. The Kier molecular flexibility index (Phi) is 4.94. The molecule has 1 rings (SSSR count). The zero-order valence-corrected chi connectivity index (χ0v) is 10.8. The fraction of sp³-hybridized carbons (Fsp3) is 0.583. The first-order valence-corrected chi connectivity index (χ1v) is 6.16. The van der Waals surface area contributed by atoms with Crippen LogP contribution in [-0.4, -0.2) is 18.8 Å². The van der Waals surface area contributed by atoms with Gasteiger partial charge in [-0.05, 0) is 25.3 Å². The highest BCUT2D eigenvalue weighted by Crippen LogP contribution is 2.16. The van der Waals surface area contributed by atoms with E-state index >= 15 is 0 Å². The van der Waals surface area contributed by atoms with Crippen molar-refractivity contribution in [2.24, 2.45) is 0 Å². The molecule has 1 atom stereocenters. The number of hydrogen-bond donors (Lipinski definition) is 1. The quantitative estimate of drug-likeness (QED) is 0.828. The first kappa shape index (κ1) is 13.2. The summed E-state index contributed by atoms with van der Waals surface area (Å²) in [4.78, 5) is 1.25. The molecule has 0 aliphatic carbocycles. The van der Waals surface area contributed by atoms with Gasteiger partial charge in [-0.2, -0.15) is 5.26 Å². The highest BCUT2D eigenvalue weighted by Gasteiger charge is 2.22. The number of thiophene rings is 1. The Morgan fingerprint density at radius 2 is 2.38 bits per heavy atom. The van der Waals surface area contributed by atoms with Crippen molar-refractivity contribution >= 4 is 11.3 Å². The van der Waals surface area contributed by atoms with E-state index in [1.807, 2.05) is 25.3 Å². The highest BCUT2D eigenvalue weighted by molar-refractivity contribution is 7.09. The fourth-order valence-electron chi connectivity index (χ4n) is 1.38. The molecule has 1 aromatic heterocycles. The smallest absolute Gasteiger partial charge is 0.0983 e. The Morgan fingerprint density at radius 3 is 2.88 bits per heavy atom. The third-order valence-electron chi connectivity index (χ3n) is 2.51. The van der Waals surface area contributed by atoms with Crippen molar-refractivity contribution in [1.82, 2.24) is 5.32 Å². The Balaban J connectivity index is 2.41. The van der Waals surface area contributed by atoms with Crippen LogP contribution in [-0.2, 0) is 11.3 Å². The van der Waals surface area contributed by atoms with Crippen LogP contribution in [0.2, 0.25) is 0 Å². The fourth-order valence-corrected chi connectivity index (χ4v) is 2.03. The van der Waals surface area contributed by atoms with E-state index < -0.39 is 0 Å². The SMILES string of the molecule is COC(C)(C)CC(C#N)NCc1cccs1. The van der Waals surface area contributed by atoms with Crippen molar-refractivity contribution in [1.29, 1.82) is 5.26 Å². The van der Waals surface area contributed by atoms with Gasteiger partial charge in [0.15, 0.2) is 0 Å². The van der Waals surface area contributed by atoms with Gasteiger partial charge in [0.2, 0.25) is 0 Å². The van der Waals surface area contributed by atoms with Crippen molar-refractivity contribution in [2.45, 2.75) is 38.5 Å². The summed E-state index contributed by atoms with van der Waals surface area (Å²) in [6, 6.07) is 6.18. The Hall–Kier alpha value is -0.890. The number of rotatable bonds is 6. The van der Waals surface area contributed by atoms with Gasteiger partial charge in [-0.3, -0.25) is 5.32 Å². The molecule has 0 amide bonds. The lowest BCUT2D eigenvalue weighted by Crippen LogP contribution is -2.36. The molecule has 1 heterocycles. The van der Waals surface area contributed by atoms with E-state index in [1.54, 1.807) is 18.4 Å². The second kappa shape index (κ2) is 6.00. The van der Waals surface area contributed by atoms with Crippen LogP contribution in [0.3, 0.4) is 0 Å². The maximum Gasteiger partial charge on any atom is 0.0983 e. The van der Waals surface area contributed by atoms with E-state index in [2.05, 4.69) is 17.5 Å². The van der Waals surface area contributed by atoms with E-state index in [1.165, 1.54) is 4.88 Å². The molecule has 0 saturated heterocycles. The largest absolute Gasteiger partial charge is 0.379 e. The number of nitrogens with one attached hydrogen (secondary N) is 1. The molecule has 1 unspecified atom stereocenters.